The van der Waals surface area contributed by atoms with Gasteiger partial charge >= 0.3 is 6.01 Å². The number of benzene rings is 1. The Morgan fingerprint density at radius 3 is 2.77 bits per heavy atom. The first-order valence-corrected chi connectivity index (χ1v) is 16.4. The number of hydrogen-bond donors (Lipinski definition) is 0. The lowest BCUT2D eigenvalue weighted by Crippen LogP contribution is -2.55. The van der Waals surface area contributed by atoms with Gasteiger partial charge in [-0.15, -0.1) is 0 Å². The van der Waals surface area contributed by atoms with E-state index >= 15 is 0 Å². The Kier molecular flexibility index (Phi) is 6.78. The molecule has 44 heavy (non-hydrogen) atoms. The van der Waals surface area contributed by atoms with E-state index in [1.807, 2.05) is 0 Å². The Hall–Kier alpha value is -3.71. The van der Waals surface area contributed by atoms with Crippen LogP contribution in [-0.2, 0) is 24.2 Å². The topological polar surface area (TPSA) is 88.8 Å². The first-order chi connectivity index (χ1) is 21.4. The smallest absolute Gasteiger partial charge is 0.318 e. The molecule has 1 amide bonds. The van der Waals surface area contributed by atoms with Crippen LogP contribution in [0.1, 0.15) is 66.8 Å². The zero-order valence-electron chi connectivity index (χ0n) is 25.3. The van der Waals surface area contributed by atoms with E-state index in [9.17, 15) is 14.4 Å². The van der Waals surface area contributed by atoms with E-state index in [4.69, 9.17) is 14.7 Å². The molecule has 230 valence electrons. The molecule has 9 nitrogen and oxygen atoms in total. The molecule has 3 saturated heterocycles. The highest BCUT2D eigenvalue weighted by Gasteiger charge is 2.47. The molecule has 5 heterocycles. The highest BCUT2D eigenvalue weighted by Crippen LogP contribution is 2.59. The summed E-state index contributed by atoms with van der Waals surface area (Å²) in [4.78, 5) is 31.3. The number of carbonyl (C=O) groups excluding carboxylic acids is 1. The Bertz CT molecular complexity index is 1540. The van der Waals surface area contributed by atoms with Gasteiger partial charge in [0.1, 0.15) is 12.4 Å². The van der Waals surface area contributed by atoms with Crippen LogP contribution in [0.4, 0.5) is 15.9 Å². The van der Waals surface area contributed by atoms with Crippen molar-refractivity contribution in [2.75, 3.05) is 55.7 Å². The maximum absolute atomic E-state index is 13.9. The van der Waals surface area contributed by atoms with Crippen molar-refractivity contribution in [1.82, 2.24) is 19.8 Å². The summed E-state index contributed by atoms with van der Waals surface area (Å²) < 4.78 is 20.4. The fraction of sp³-hybridized carbons (Fsp3) is 0.588. The second-order valence-corrected chi connectivity index (χ2v) is 13.7. The Balaban J connectivity index is 1.11. The molecule has 0 radical (unpaired) electrons. The molecule has 4 fully saturated rings. The second kappa shape index (κ2) is 10.7. The monoisotopic (exact) mass is 597 g/mol. The van der Waals surface area contributed by atoms with Gasteiger partial charge in [0.2, 0.25) is 0 Å². The molecule has 10 heteroatoms. The number of anilines is 2. The average Bonchev–Trinajstić information content (AvgIpc) is 3.32. The molecule has 3 atom stereocenters. The number of rotatable bonds is 7. The van der Waals surface area contributed by atoms with Gasteiger partial charge in [0.05, 0.1) is 36.3 Å². The third-order valence-corrected chi connectivity index (χ3v) is 11.2. The quantitative estimate of drug-likeness (QED) is 0.441. The summed E-state index contributed by atoms with van der Waals surface area (Å²) in [6.07, 6.45) is 8.11. The summed E-state index contributed by atoms with van der Waals surface area (Å²) in [7, 11) is 0. The van der Waals surface area contributed by atoms with Crippen molar-refractivity contribution in [1.29, 1.82) is 5.26 Å². The Labute approximate surface area is 258 Å². The van der Waals surface area contributed by atoms with E-state index in [2.05, 4.69) is 45.5 Å². The molecule has 2 aromatic rings. The molecule has 1 aromatic carbocycles. The van der Waals surface area contributed by atoms with E-state index in [0.29, 0.717) is 44.7 Å². The lowest BCUT2D eigenvalue weighted by atomic mass is 9.95. The SMILES string of the molecule is C=C(F)C(=O)N1CCN(c2nc(OCC34CCCN3CCC4)nc3c2CCN(c2cccc4c2C2CC2C4)C3)C[C@@H]1CC#N. The van der Waals surface area contributed by atoms with Crippen LogP contribution in [0.3, 0.4) is 0 Å². The summed E-state index contributed by atoms with van der Waals surface area (Å²) >= 11 is 0. The maximum atomic E-state index is 13.9. The lowest BCUT2D eigenvalue weighted by Gasteiger charge is -2.42. The van der Waals surface area contributed by atoms with Crippen LogP contribution in [0.5, 0.6) is 6.01 Å². The van der Waals surface area contributed by atoms with Gasteiger partial charge in [-0.05, 0) is 87.1 Å². The molecule has 8 rings (SSSR count). The van der Waals surface area contributed by atoms with Crippen molar-refractivity contribution in [3.05, 3.63) is 53.0 Å². The van der Waals surface area contributed by atoms with Gasteiger partial charge in [0.25, 0.3) is 5.91 Å². The standard InChI is InChI=1S/C34H40FN7O2/c1-22(35)32(43)42-16-15-40(19-25(42)7-11-36)31-26-8-14-39(29-6-2-5-23-17-24-18-27(24)30(23)29)20-28(26)37-33(38-31)44-21-34-9-3-12-41(34)13-4-10-34/h2,5-6,24-25,27H,1,3-4,7-10,12-21H2/t24?,25-,27?/m0/s1. The predicted octanol–water partition coefficient (Wildman–Crippen LogP) is 4.12. The van der Waals surface area contributed by atoms with Crippen LogP contribution in [0.2, 0.25) is 0 Å². The number of ether oxygens (including phenoxy) is 1. The predicted molar refractivity (Wildman–Crippen MR) is 164 cm³/mol. The fourth-order valence-electron chi connectivity index (χ4n) is 8.92. The van der Waals surface area contributed by atoms with E-state index in [0.717, 1.165) is 61.9 Å². The molecule has 0 bridgehead atoms. The number of carbonyl (C=O) groups is 1. The van der Waals surface area contributed by atoms with Crippen LogP contribution >= 0.6 is 0 Å². The number of hydrogen-bond acceptors (Lipinski definition) is 8. The molecule has 0 N–H and O–H groups in total. The van der Waals surface area contributed by atoms with Crippen molar-refractivity contribution in [2.24, 2.45) is 5.92 Å². The Morgan fingerprint density at radius 1 is 1.14 bits per heavy atom. The van der Waals surface area contributed by atoms with Gasteiger partial charge in [-0.2, -0.15) is 15.2 Å². The van der Waals surface area contributed by atoms with Gasteiger partial charge in [-0.3, -0.25) is 9.69 Å². The maximum Gasteiger partial charge on any atom is 0.318 e. The highest BCUT2D eigenvalue weighted by molar-refractivity contribution is 5.91. The minimum absolute atomic E-state index is 0.0789. The second-order valence-electron chi connectivity index (χ2n) is 13.7. The molecule has 1 saturated carbocycles. The molecule has 2 unspecified atom stereocenters. The molecule has 4 aliphatic heterocycles. The number of amides is 1. The van der Waals surface area contributed by atoms with Crippen LogP contribution in [0.25, 0.3) is 0 Å². The molecular formula is C34H40FN7O2. The van der Waals surface area contributed by atoms with Gasteiger partial charge < -0.3 is 19.4 Å². The van der Waals surface area contributed by atoms with Gasteiger partial charge in [-0.25, -0.2) is 4.39 Å². The molecule has 6 aliphatic rings. The Morgan fingerprint density at radius 2 is 1.98 bits per heavy atom. The number of aromatic nitrogens is 2. The minimum Gasteiger partial charge on any atom is -0.461 e. The van der Waals surface area contributed by atoms with Crippen molar-refractivity contribution >= 4 is 17.4 Å². The summed E-state index contributed by atoms with van der Waals surface area (Å²) in [5.74, 6) is 0.627. The highest BCUT2D eigenvalue weighted by atomic mass is 19.1. The number of nitriles is 1. The van der Waals surface area contributed by atoms with Gasteiger partial charge in [0.15, 0.2) is 5.83 Å². The van der Waals surface area contributed by atoms with E-state index in [-0.39, 0.29) is 12.0 Å². The van der Waals surface area contributed by atoms with Crippen LogP contribution in [0, 0.1) is 17.2 Å². The first-order valence-electron chi connectivity index (χ1n) is 16.4. The molecule has 1 aromatic heterocycles. The van der Waals surface area contributed by atoms with Crippen LogP contribution in [0.15, 0.2) is 30.6 Å². The van der Waals surface area contributed by atoms with Crippen molar-refractivity contribution in [2.45, 2.75) is 75.4 Å². The summed E-state index contributed by atoms with van der Waals surface area (Å²) in [5.41, 5.74) is 6.57. The summed E-state index contributed by atoms with van der Waals surface area (Å²) in [5, 5.41) is 9.55. The number of fused-ring (bicyclic) bond motifs is 5. The van der Waals surface area contributed by atoms with Crippen molar-refractivity contribution < 1.29 is 13.9 Å². The van der Waals surface area contributed by atoms with E-state index in [1.165, 1.54) is 41.8 Å². The fourth-order valence-corrected chi connectivity index (χ4v) is 8.92. The third-order valence-electron chi connectivity index (χ3n) is 11.2. The van der Waals surface area contributed by atoms with E-state index in [1.54, 1.807) is 5.56 Å². The third kappa shape index (κ3) is 4.63. The largest absolute Gasteiger partial charge is 0.461 e. The molecule has 0 spiro atoms. The van der Waals surface area contributed by atoms with Crippen molar-refractivity contribution in [3.63, 3.8) is 0 Å². The lowest BCUT2D eigenvalue weighted by molar-refractivity contribution is -0.131. The number of halogens is 1. The summed E-state index contributed by atoms with van der Waals surface area (Å²) in [6.45, 7) is 8.80. The van der Waals surface area contributed by atoms with Crippen LogP contribution < -0.4 is 14.5 Å². The summed E-state index contributed by atoms with van der Waals surface area (Å²) in [6, 6.07) is 8.91. The molecule has 2 aliphatic carbocycles. The first kappa shape index (κ1) is 27.8. The minimum atomic E-state index is -0.992. The van der Waals surface area contributed by atoms with Crippen LogP contribution in [-0.4, -0.2) is 83.1 Å². The number of piperazine rings is 1. The van der Waals surface area contributed by atoms with E-state index < -0.39 is 17.8 Å². The van der Waals surface area contributed by atoms with Gasteiger partial charge in [0, 0.05) is 37.4 Å². The van der Waals surface area contributed by atoms with Gasteiger partial charge in [-0.1, -0.05) is 18.7 Å². The zero-order chi connectivity index (χ0) is 30.0. The number of nitrogens with zero attached hydrogens (tertiary/aromatic N) is 7. The normalized spacial score (nSPS) is 26.5. The average molecular weight is 598 g/mol. The molecular weight excluding hydrogens is 557 g/mol. The zero-order valence-corrected chi connectivity index (χ0v) is 25.3. The van der Waals surface area contributed by atoms with Crippen molar-refractivity contribution in [3.8, 4) is 12.1 Å².